The predicted octanol–water partition coefficient (Wildman–Crippen LogP) is 4.18. The smallest absolute Gasteiger partial charge is 0.286 e. The van der Waals surface area contributed by atoms with Gasteiger partial charge in [-0.15, -0.1) is 0 Å². The third-order valence-electron chi connectivity index (χ3n) is 4.44. The number of benzene rings is 2. The Morgan fingerprint density at radius 1 is 1.21 bits per heavy atom. The number of thioether (sulfide) groups is 1. The van der Waals surface area contributed by atoms with Gasteiger partial charge in [-0.2, -0.15) is 10.1 Å². The Hall–Kier alpha value is -3.32. The Labute approximate surface area is 173 Å². The topological polar surface area (TPSA) is 82.5 Å². The molecule has 7 heteroatoms. The summed E-state index contributed by atoms with van der Waals surface area (Å²) in [6, 6.07) is 15.8. The van der Waals surface area contributed by atoms with Crippen molar-refractivity contribution in [2.45, 2.75) is 13.8 Å². The van der Waals surface area contributed by atoms with Crippen LogP contribution in [0.2, 0.25) is 0 Å². The summed E-state index contributed by atoms with van der Waals surface area (Å²) in [4.78, 5) is 16.4. The van der Waals surface area contributed by atoms with Gasteiger partial charge in [-0.25, -0.2) is 4.68 Å². The first kappa shape index (κ1) is 19.0. The minimum Gasteiger partial charge on any atom is -0.494 e. The number of hydrogen-bond donors (Lipinski definition) is 1. The number of aromatic nitrogens is 2. The molecule has 0 saturated heterocycles. The Kier molecular flexibility index (Phi) is 5.22. The molecule has 29 heavy (non-hydrogen) atoms. The van der Waals surface area contributed by atoms with Gasteiger partial charge in [0.2, 0.25) is 0 Å². The molecule has 2 aromatic carbocycles. The first-order valence-electron chi connectivity index (χ1n) is 9.22. The van der Waals surface area contributed by atoms with Crippen molar-refractivity contribution < 1.29 is 9.53 Å². The zero-order valence-corrected chi connectivity index (χ0v) is 16.9. The molecular formula is C22H20N4O2S. The van der Waals surface area contributed by atoms with Crippen LogP contribution < -0.4 is 10.5 Å². The Balaban J connectivity index is 1.82. The van der Waals surface area contributed by atoms with E-state index in [1.807, 2.05) is 73.3 Å². The van der Waals surface area contributed by atoms with Crippen LogP contribution in [0.1, 0.15) is 18.1 Å². The van der Waals surface area contributed by atoms with Crippen molar-refractivity contribution in [3.63, 3.8) is 0 Å². The van der Waals surface area contributed by atoms with Crippen molar-refractivity contribution in [3.8, 4) is 22.7 Å². The molecule has 1 amide bonds. The first-order valence-corrected chi connectivity index (χ1v) is 10.0. The van der Waals surface area contributed by atoms with Gasteiger partial charge < -0.3 is 10.5 Å². The number of hydrogen-bond acceptors (Lipinski definition) is 5. The first-order chi connectivity index (χ1) is 14.0. The van der Waals surface area contributed by atoms with Crippen LogP contribution in [-0.2, 0) is 4.79 Å². The van der Waals surface area contributed by atoms with Crippen LogP contribution in [0.3, 0.4) is 0 Å². The van der Waals surface area contributed by atoms with E-state index in [1.54, 1.807) is 6.08 Å². The van der Waals surface area contributed by atoms with Crippen LogP contribution in [0.15, 0.2) is 64.6 Å². The number of carbonyl (C=O) groups excluding carboxylic acids is 1. The Morgan fingerprint density at radius 3 is 2.66 bits per heavy atom. The van der Waals surface area contributed by atoms with Crippen molar-refractivity contribution in [3.05, 3.63) is 70.8 Å². The molecule has 0 radical (unpaired) electrons. The molecule has 4 rings (SSSR count). The van der Waals surface area contributed by atoms with Crippen molar-refractivity contribution in [2.75, 3.05) is 6.61 Å². The number of amides is 1. The summed E-state index contributed by atoms with van der Waals surface area (Å²) in [5.74, 6) is 0.523. The van der Waals surface area contributed by atoms with Crippen molar-refractivity contribution in [2.24, 2.45) is 10.7 Å². The zero-order valence-electron chi connectivity index (χ0n) is 16.1. The highest BCUT2D eigenvalue weighted by Gasteiger charge is 2.21. The summed E-state index contributed by atoms with van der Waals surface area (Å²) in [5, 5.41) is 5.06. The van der Waals surface area contributed by atoms with E-state index >= 15 is 0 Å². The van der Waals surface area contributed by atoms with Crippen molar-refractivity contribution in [1.82, 2.24) is 9.78 Å². The molecule has 0 aliphatic carbocycles. The highest BCUT2D eigenvalue weighted by molar-refractivity contribution is 8.18. The van der Waals surface area contributed by atoms with Gasteiger partial charge in [-0.3, -0.25) is 4.79 Å². The minimum atomic E-state index is -0.325. The van der Waals surface area contributed by atoms with Gasteiger partial charge >= 0.3 is 0 Å². The monoisotopic (exact) mass is 404 g/mol. The van der Waals surface area contributed by atoms with E-state index in [1.165, 1.54) is 11.8 Å². The molecular weight excluding hydrogens is 384 g/mol. The molecule has 146 valence electrons. The van der Waals surface area contributed by atoms with Crippen molar-refractivity contribution in [1.29, 1.82) is 0 Å². The number of aliphatic imine (C=N–C) groups is 1. The van der Waals surface area contributed by atoms with E-state index < -0.39 is 0 Å². The van der Waals surface area contributed by atoms with E-state index in [-0.39, 0.29) is 11.1 Å². The minimum absolute atomic E-state index is 0.259. The summed E-state index contributed by atoms with van der Waals surface area (Å²) in [6.07, 6.45) is 3.70. The van der Waals surface area contributed by atoms with E-state index in [9.17, 15) is 4.79 Å². The highest BCUT2D eigenvalue weighted by atomic mass is 32.2. The molecule has 0 saturated carbocycles. The molecule has 1 aliphatic heterocycles. The molecule has 0 bridgehead atoms. The largest absolute Gasteiger partial charge is 0.494 e. The highest BCUT2D eigenvalue weighted by Crippen LogP contribution is 2.32. The maximum Gasteiger partial charge on any atom is 0.286 e. The average molecular weight is 404 g/mol. The van der Waals surface area contributed by atoms with Crippen LogP contribution in [0.5, 0.6) is 5.75 Å². The quantitative estimate of drug-likeness (QED) is 0.645. The number of nitrogens with zero attached hydrogens (tertiary/aromatic N) is 3. The lowest BCUT2D eigenvalue weighted by Crippen LogP contribution is -2.01. The van der Waals surface area contributed by atoms with Crippen LogP contribution in [0.25, 0.3) is 23.0 Å². The lowest BCUT2D eigenvalue weighted by atomic mass is 10.0. The van der Waals surface area contributed by atoms with Gasteiger partial charge in [0.15, 0.2) is 5.17 Å². The molecule has 0 atom stereocenters. The summed E-state index contributed by atoms with van der Waals surface area (Å²) < 4.78 is 7.46. The Bertz CT molecular complexity index is 1130. The number of amidine groups is 1. The molecule has 0 fully saturated rings. The summed E-state index contributed by atoms with van der Waals surface area (Å²) in [6.45, 7) is 4.58. The molecule has 3 aromatic rings. The molecule has 1 aliphatic rings. The van der Waals surface area contributed by atoms with Crippen LogP contribution in [0.4, 0.5) is 0 Å². The molecule has 2 heterocycles. The number of rotatable bonds is 5. The lowest BCUT2D eigenvalue weighted by molar-refractivity contribution is -0.113. The molecule has 2 N–H and O–H groups in total. The van der Waals surface area contributed by atoms with E-state index in [2.05, 4.69) is 4.99 Å². The number of ether oxygens (including phenoxy) is 1. The number of para-hydroxylation sites is 1. The van der Waals surface area contributed by atoms with Gasteiger partial charge in [0, 0.05) is 17.3 Å². The van der Waals surface area contributed by atoms with E-state index in [0.717, 1.165) is 33.8 Å². The fourth-order valence-corrected chi connectivity index (χ4v) is 3.78. The summed E-state index contributed by atoms with van der Waals surface area (Å²) >= 11 is 1.17. The van der Waals surface area contributed by atoms with Crippen LogP contribution in [-0.4, -0.2) is 27.5 Å². The molecule has 0 unspecified atom stereocenters. The maximum absolute atomic E-state index is 12.1. The summed E-state index contributed by atoms with van der Waals surface area (Å²) in [7, 11) is 0. The van der Waals surface area contributed by atoms with E-state index in [4.69, 9.17) is 15.6 Å². The van der Waals surface area contributed by atoms with Crippen LogP contribution in [0, 0.1) is 6.92 Å². The maximum atomic E-state index is 12.1. The third-order valence-corrected chi connectivity index (χ3v) is 5.25. The van der Waals surface area contributed by atoms with Crippen LogP contribution >= 0.6 is 11.8 Å². The van der Waals surface area contributed by atoms with Gasteiger partial charge in [0.1, 0.15) is 11.4 Å². The molecule has 6 nitrogen and oxygen atoms in total. The average Bonchev–Trinajstić information content (AvgIpc) is 3.27. The second-order valence-corrected chi connectivity index (χ2v) is 7.55. The molecule has 0 spiro atoms. The van der Waals surface area contributed by atoms with Gasteiger partial charge in [-0.05, 0) is 67.6 Å². The van der Waals surface area contributed by atoms with E-state index in [0.29, 0.717) is 11.5 Å². The predicted molar refractivity (Wildman–Crippen MR) is 117 cm³/mol. The second-order valence-electron chi connectivity index (χ2n) is 6.49. The Morgan fingerprint density at radius 2 is 2.00 bits per heavy atom. The van der Waals surface area contributed by atoms with Crippen molar-refractivity contribution >= 4 is 28.9 Å². The zero-order chi connectivity index (χ0) is 20.4. The van der Waals surface area contributed by atoms with Gasteiger partial charge in [0.25, 0.3) is 5.91 Å². The lowest BCUT2D eigenvalue weighted by Gasteiger charge is -2.08. The van der Waals surface area contributed by atoms with Gasteiger partial charge in [0.05, 0.1) is 17.2 Å². The molecule has 1 aromatic heterocycles. The standard InChI is InChI=1S/C22H20N4O2S/c1-3-28-18-10-9-15(11-14(18)2)20-16(12-19-21(27)24-22(23)29-19)13-26(25-20)17-7-5-4-6-8-17/h4-13H,3H2,1-2H3,(H2,23,24,27). The number of carbonyl (C=O) groups is 1. The normalized spacial score (nSPS) is 15.0. The van der Waals surface area contributed by atoms with Gasteiger partial charge in [-0.1, -0.05) is 18.2 Å². The fourth-order valence-electron chi connectivity index (χ4n) is 3.11. The number of nitrogens with two attached hydrogens (primary N) is 1. The number of aryl methyl sites for hydroxylation is 1. The fraction of sp³-hybridized carbons (Fsp3) is 0.136. The SMILES string of the molecule is CCOc1ccc(-c2nn(-c3ccccc3)cc2C=C2SC(N)=NC2=O)cc1C. The third kappa shape index (κ3) is 3.95. The second kappa shape index (κ2) is 7.97. The summed E-state index contributed by atoms with van der Waals surface area (Å²) in [5.41, 5.74) is 10.2.